The normalized spacial score (nSPS) is 9.82. The molecule has 0 spiro atoms. The zero-order chi connectivity index (χ0) is 8.85. The summed E-state index contributed by atoms with van der Waals surface area (Å²) in [4.78, 5) is 21.2. The predicted molar refractivity (Wildman–Crippen MR) is 41.1 cm³/mol. The molecular formula is C8H14O3. The van der Waals surface area contributed by atoms with E-state index in [1.165, 1.54) is 6.92 Å². The maximum absolute atomic E-state index is 10.8. The van der Waals surface area contributed by atoms with Crippen LogP contribution in [0, 0.1) is 0 Å². The summed E-state index contributed by atoms with van der Waals surface area (Å²) in [7, 11) is 0. The third kappa shape index (κ3) is 7.03. The highest BCUT2D eigenvalue weighted by atomic mass is 16.5. The van der Waals surface area contributed by atoms with Gasteiger partial charge in [0.05, 0.1) is 12.5 Å². The van der Waals surface area contributed by atoms with Crippen molar-refractivity contribution in [1.82, 2.24) is 0 Å². The van der Waals surface area contributed by atoms with Crippen LogP contribution in [0.5, 0.6) is 0 Å². The minimum Gasteiger partial charge on any atom is -0.463 e. The lowest BCUT2D eigenvalue weighted by atomic mass is 10.2. The fraction of sp³-hybridized carbons (Fsp3) is 0.750. The van der Waals surface area contributed by atoms with E-state index >= 15 is 0 Å². The van der Waals surface area contributed by atoms with E-state index in [0.29, 0.717) is 0 Å². The SMILES string of the molecule is CC(=O)CCC(=O)OC(C)C. The molecule has 0 bridgehead atoms. The van der Waals surface area contributed by atoms with Crippen molar-refractivity contribution in [3.05, 3.63) is 0 Å². The van der Waals surface area contributed by atoms with Crippen LogP contribution < -0.4 is 0 Å². The molecule has 3 nitrogen and oxygen atoms in total. The Hall–Kier alpha value is -0.860. The summed E-state index contributed by atoms with van der Waals surface area (Å²) in [5, 5.41) is 0. The van der Waals surface area contributed by atoms with Gasteiger partial charge >= 0.3 is 5.97 Å². The summed E-state index contributed by atoms with van der Waals surface area (Å²) in [6.07, 6.45) is 0.397. The zero-order valence-electron chi connectivity index (χ0n) is 7.22. The Kier molecular flexibility index (Phi) is 4.50. The molecule has 0 saturated carbocycles. The molecular weight excluding hydrogens is 144 g/mol. The van der Waals surface area contributed by atoms with Crippen LogP contribution in [0.2, 0.25) is 0 Å². The Morgan fingerprint density at radius 1 is 1.27 bits per heavy atom. The van der Waals surface area contributed by atoms with Gasteiger partial charge in [0.25, 0.3) is 0 Å². The van der Waals surface area contributed by atoms with Crippen molar-refractivity contribution >= 4 is 11.8 Å². The highest BCUT2D eigenvalue weighted by Crippen LogP contribution is 1.97. The Bertz CT molecular complexity index is 149. The lowest BCUT2D eigenvalue weighted by Crippen LogP contribution is -2.11. The van der Waals surface area contributed by atoms with Gasteiger partial charge in [-0.2, -0.15) is 0 Å². The van der Waals surface area contributed by atoms with E-state index in [4.69, 9.17) is 4.74 Å². The molecule has 0 unspecified atom stereocenters. The van der Waals surface area contributed by atoms with Gasteiger partial charge in [0, 0.05) is 6.42 Å². The average molecular weight is 158 g/mol. The fourth-order valence-electron chi connectivity index (χ4n) is 0.600. The first kappa shape index (κ1) is 10.1. The van der Waals surface area contributed by atoms with Gasteiger partial charge in [0.1, 0.15) is 5.78 Å². The number of esters is 1. The van der Waals surface area contributed by atoms with Gasteiger partial charge in [-0.25, -0.2) is 0 Å². The van der Waals surface area contributed by atoms with Crippen molar-refractivity contribution in [1.29, 1.82) is 0 Å². The molecule has 3 heteroatoms. The molecule has 64 valence electrons. The third-order valence-corrected chi connectivity index (χ3v) is 1.05. The molecule has 0 aromatic carbocycles. The van der Waals surface area contributed by atoms with E-state index in [0.717, 1.165) is 0 Å². The average Bonchev–Trinajstić information content (AvgIpc) is 1.82. The maximum atomic E-state index is 10.8. The van der Waals surface area contributed by atoms with Crippen LogP contribution in [0.25, 0.3) is 0 Å². The first-order valence-electron chi connectivity index (χ1n) is 3.71. The molecule has 0 aliphatic rings. The van der Waals surface area contributed by atoms with Crippen LogP contribution >= 0.6 is 0 Å². The van der Waals surface area contributed by atoms with Gasteiger partial charge in [-0.1, -0.05) is 0 Å². The second-order valence-corrected chi connectivity index (χ2v) is 2.74. The van der Waals surface area contributed by atoms with Crippen LogP contribution in [0.1, 0.15) is 33.6 Å². The topological polar surface area (TPSA) is 43.4 Å². The van der Waals surface area contributed by atoms with E-state index in [9.17, 15) is 9.59 Å². The Labute approximate surface area is 66.7 Å². The number of ether oxygens (including phenoxy) is 1. The Morgan fingerprint density at radius 2 is 1.82 bits per heavy atom. The van der Waals surface area contributed by atoms with Crippen LogP contribution in [0.4, 0.5) is 0 Å². The lowest BCUT2D eigenvalue weighted by molar-refractivity contribution is -0.148. The summed E-state index contributed by atoms with van der Waals surface area (Å²) in [6.45, 7) is 5.03. The second kappa shape index (κ2) is 4.88. The molecule has 0 rings (SSSR count). The summed E-state index contributed by atoms with van der Waals surface area (Å²) in [5.74, 6) is -0.277. The summed E-state index contributed by atoms with van der Waals surface area (Å²) in [6, 6.07) is 0. The van der Waals surface area contributed by atoms with Crippen LogP contribution in [-0.4, -0.2) is 17.9 Å². The molecule has 0 aliphatic heterocycles. The smallest absolute Gasteiger partial charge is 0.306 e. The van der Waals surface area contributed by atoms with Crippen LogP contribution in [-0.2, 0) is 14.3 Å². The van der Waals surface area contributed by atoms with Gasteiger partial charge < -0.3 is 9.53 Å². The van der Waals surface area contributed by atoms with E-state index in [1.54, 1.807) is 13.8 Å². The number of rotatable bonds is 4. The van der Waals surface area contributed by atoms with E-state index in [2.05, 4.69) is 0 Å². The van der Waals surface area contributed by atoms with Crippen molar-refractivity contribution < 1.29 is 14.3 Å². The highest BCUT2D eigenvalue weighted by Gasteiger charge is 2.05. The second-order valence-electron chi connectivity index (χ2n) is 2.74. The Balaban J connectivity index is 3.45. The molecule has 0 fully saturated rings. The van der Waals surface area contributed by atoms with Gasteiger partial charge in [0.15, 0.2) is 0 Å². The molecule has 11 heavy (non-hydrogen) atoms. The number of Topliss-reactive ketones (excluding diaryl/α,β-unsaturated/α-hetero) is 1. The number of carbonyl (C=O) groups excluding carboxylic acids is 2. The molecule has 0 heterocycles. The number of hydrogen-bond acceptors (Lipinski definition) is 3. The molecule has 0 aliphatic carbocycles. The van der Waals surface area contributed by atoms with Crippen molar-refractivity contribution in [2.45, 2.75) is 39.7 Å². The lowest BCUT2D eigenvalue weighted by Gasteiger charge is -2.06. The maximum Gasteiger partial charge on any atom is 0.306 e. The Morgan fingerprint density at radius 3 is 2.18 bits per heavy atom. The van der Waals surface area contributed by atoms with Crippen molar-refractivity contribution in [2.75, 3.05) is 0 Å². The highest BCUT2D eigenvalue weighted by molar-refractivity contribution is 5.80. The van der Waals surface area contributed by atoms with E-state index in [1.807, 2.05) is 0 Å². The quantitative estimate of drug-likeness (QED) is 0.579. The standard InChI is InChI=1S/C8H14O3/c1-6(2)11-8(10)5-4-7(3)9/h6H,4-5H2,1-3H3. The molecule has 0 radical (unpaired) electrons. The van der Waals surface area contributed by atoms with Gasteiger partial charge in [-0.05, 0) is 20.8 Å². The van der Waals surface area contributed by atoms with Gasteiger partial charge in [-0.3, -0.25) is 4.79 Å². The van der Waals surface area contributed by atoms with Crippen molar-refractivity contribution in [3.8, 4) is 0 Å². The molecule has 0 N–H and O–H groups in total. The fourth-order valence-corrected chi connectivity index (χ4v) is 0.600. The van der Waals surface area contributed by atoms with Gasteiger partial charge in [-0.15, -0.1) is 0 Å². The minimum atomic E-state index is -0.296. The van der Waals surface area contributed by atoms with E-state index < -0.39 is 0 Å². The molecule has 0 saturated heterocycles. The summed E-state index contributed by atoms with van der Waals surface area (Å²) >= 11 is 0. The zero-order valence-corrected chi connectivity index (χ0v) is 7.22. The first-order chi connectivity index (χ1) is 5.02. The third-order valence-electron chi connectivity index (χ3n) is 1.05. The largest absolute Gasteiger partial charge is 0.463 e. The first-order valence-corrected chi connectivity index (χ1v) is 3.71. The molecule has 0 aromatic rings. The minimum absolute atomic E-state index is 0.0192. The van der Waals surface area contributed by atoms with Gasteiger partial charge in [0.2, 0.25) is 0 Å². The van der Waals surface area contributed by atoms with Crippen LogP contribution in [0.3, 0.4) is 0 Å². The molecule has 0 aromatic heterocycles. The van der Waals surface area contributed by atoms with Crippen molar-refractivity contribution in [3.63, 3.8) is 0 Å². The predicted octanol–water partition coefficient (Wildman–Crippen LogP) is 1.31. The molecule has 0 atom stereocenters. The number of hydrogen-bond donors (Lipinski definition) is 0. The summed E-state index contributed by atoms with van der Waals surface area (Å²) in [5.41, 5.74) is 0. The number of ketones is 1. The molecule has 0 amide bonds. The van der Waals surface area contributed by atoms with Crippen molar-refractivity contribution in [2.24, 2.45) is 0 Å². The van der Waals surface area contributed by atoms with E-state index in [-0.39, 0.29) is 30.7 Å². The van der Waals surface area contributed by atoms with Crippen LogP contribution in [0.15, 0.2) is 0 Å². The monoisotopic (exact) mass is 158 g/mol. The summed E-state index contributed by atoms with van der Waals surface area (Å²) < 4.78 is 4.81. The number of carbonyl (C=O) groups is 2.